The molecule has 0 aliphatic carbocycles. The number of aliphatic hydroxyl groups is 1. The average Bonchev–Trinajstić information content (AvgIpc) is 3.51. The number of hydrogen-bond acceptors (Lipinski definition) is 5. The minimum Gasteiger partial charge on any atom is -0.493 e. The Hall–Kier alpha value is -3.90. The van der Waals surface area contributed by atoms with Crippen molar-refractivity contribution < 1.29 is 19.3 Å². The highest BCUT2D eigenvalue weighted by Gasteiger charge is 2.26. The van der Waals surface area contributed by atoms with Crippen LogP contribution in [0.4, 0.5) is 4.39 Å². The lowest BCUT2D eigenvalue weighted by Gasteiger charge is -2.17. The maximum atomic E-state index is 14.7. The maximum absolute atomic E-state index is 14.7. The van der Waals surface area contributed by atoms with Crippen LogP contribution >= 0.6 is 22.6 Å². The number of hydrogen-bond donors (Lipinski definition) is 4. The highest BCUT2D eigenvalue weighted by Crippen LogP contribution is 2.33. The lowest BCUT2D eigenvalue weighted by atomic mass is 10.0. The smallest absolute Gasteiger partial charge is 0.329 e. The zero-order valence-electron chi connectivity index (χ0n) is 20.1. The Balaban J connectivity index is 1.55. The van der Waals surface area contributed by atoms with Crippen molar-refractivity contribution in [3.05, 3.63) is 110 Å². The third-order valence-corrected chi connectivity index (χ3v) is 6.79. The van der Waals surface area contributed by atoms with Gasteiger partial charge in [-0.3, -0.25) is 4.57 Å². The lowest BCUT2D eigenvalue weighted by molar-refractivity contribution is 0.201. The minimum absolute atomic E-state index is 0.105. The number of nitrogens with one attached hydrogen (secondary N) is 2. The number of halogens is 2. The summed E-state index contributed by atoms with van der Waals surface area (Å²) in [6.07, 6.45) is 1.88. The first kappa shape index (κ1) is 25.7. The number of aromatic amines is 2. The van der Waals surface area contributed by atoms with Crippen molar-refractivity contribution in [2.24, 2.45) is 0 Å². The summed E-state index contributed by atoms with van der Waals surface area (Å²) in [6.45, 7) is 0.0580. The van der Waals surface area contributed by atoms with Crippen LogP contribution in [0.2, 0.25) is 0 Å². The molecule has 5 aromatic rings. The van der Waals surface area contributed by atoms with Crippen molar-refractivity contribution in [1.29, 1.82) is 0 Å². The summed E-state index contributed by atoms with van der Waals surface area (Å²) in [6, 6.07) is 20.5. The molecule has 0 amide bonds. The Bertz CT molecular complexity index is 1600. The van der Waals surface area contributed by atoms with Gasteiger partial charge in [0.25, 0.3) is 0 Å². The molecule has 38 heavy (non-hydrogen) atoms. The van der Waals surface area contributed by atoms with Crippen molar-refractivity contribution in [3.8, 4) is 34.1 Å². The molecule has 4 N–H and O–H groups in total. The largest absolute Gasteiger partial charge is 0.493 e. The Morgan fingerprint density at radius 1 is 1.05 bits per heavy atom. The van der Waals surface area contributed by atoms with Crippen LogP contribution in [0.5, 0.6) is 11.6 Å². The molecule has 0 radical (unpaired) electrons. The van der Waals surface area contributed by atoms with E-state index in [1.54, 1.807) is 36.4 Å². The van der Waals surface area contributed by atoms with Gasteiger partial charge in [0, 0.05) is 21.1 Å². The first-order valence-electron chi connectivity index (χ1n) is 11.9. The number of aliphatic hydroxyl groups excluding tert-OH is 1. The molecule has 8 nitrogen and oxygen atoms in total. The van der Waals surface area contributed by atoms with Crippen molar-refractivity contribution >= 4 is 22.6 Å². The van der Waals surface area contributed by atoms with Gasteiger partial charge in [0.2, 0.25) is 5.88 Å². The molecule has 10 heteroatoms. The second-order valence-corrected chi connectivity index (χ2v) is 9.85. The van der Waals surface area contributed by atoms with Crippen LogP contribution in [-0.2, 0) is 6.42 Å². The van der Waals surface area contributed by atoms with E-state index in [2.05, 4.69) is 15.0 Å². The van der Waals surface area contributed by atoms with Gasteiger partial charge >= 0.3 is 5.69 Å². The van der Waals surface area contributed by atoms with Gasteiger partial charge in [-0.2, -0.15) is 0 Å². The van der Waals surface area contributed by atoms with Gasteiger partial charge in [0.05, 0.1) is 18.5 Å². The fourth-order valence-electron chi connectivity index (χ4n) is 4.31. The maximum Gasteiger partial charge on any atom is 0.329 e. The highest BCUT2D eigenvalue weighted by molar-refractivity contribution is 14.1. The Kier molecular flexibility index (Phi) is 7.61. The van der Waals surface area contributed by atoms with Crippen LogP contribution < -0.4 is 10.4 Å². The van der Waals surface area contributed by atoms with E-state index in [0.29, 0.717) is 34.8 Å². The summed E-state index contributed by atoms with van der Waals surface area (Å²) in [5.41, 5.74) is 2.06. The summed E-state index contributed by atoms with van der Waals surface area (Å²) in [4.78, 5) is 23.6. The van der Waals surface area contributed by atoms with E-state index in [4.69, 9.17) is 9.84 Å². The van der Waals surface area contributed by atoms with E-state index in [9.17, 15) is 14.3 Å². The molecule has 0 fully saturated rings. The summed E-state index contributed by atoms with van der Waals surface area (Å²) < 4.78 is 22.1. The number of benzene rings is 3. The summed E-state index contributed by atoms with van der Waals surface area (Å²) >= 11 is 2.05. The molecule has 0 saturated carbocycles. The van der Waals surface area contributed by atoms with Crippen molar-refractivity contribution in [2.75, 3.05) is 13.2 Å². The van der Waals surface area contributed by atoms with Crippen LogP contribution in [0.25, 0.3) is 22.5 Å². The summed E-state index contributed by atoms with van der Waals surface area (Å²) in [5, 5.41) is 20.2. The Morgan fingerprint density at radius 3 is 2.53 bits per heavy atom. The first-order valence-corrected chi connectivity index (χ1v) is 12.9. The zero-order chi connectivity index (χ0) is 26.6. The molecule has 0 spiro atoms. The van der Waals surface area contributed by atoms with E-state index >= 15 is 0 Å². The van der Waals surface area contributed by atoms with Crippen molar-refractivity contribution in [3.63, 3.8) is 0 Å². The van der Waals surface area contributed by atoms with E-state index in [1.165, 1.54) is 16.8 Å². The fraction of sp³-hybridized carbons (Fsp3) is 0.143. The molecular weight excluding hydrogens is 602 g/mol. The molecule has 194 valence electrons. The molecule has 0 aliphatic rings. The Labute approximate surface area is 230 Å². The number of H-pyrrole nitrogens is 2. The number of rotatable bonds is 9. The van der Waals surface area contributed by atoms with Gasteiger partial charge in [-0.1, -0.05) is 30.3 Å². The number of aromatic hydroxyl groups is 1. The van der Waals surface area contributed by atoms with E-state index in [0.717, 1.165) is 9.13 Å². The second kappa shape index (κ2) is 11.2. The second-order valence-electron chi connectivity index (χ2n) is 8.61. The molecule has 1 atom stereocenters. The molecule has 5 rings (SSSR count). The molecule has 2 aromatic heterocycles. The molecule has 0 bridgehead atoms. The van der Waals surface area contributed by atoms with Crippen LogP contribution in [0.15, 0.2) is 83.8 Å². The zero-order valence-corrected chi connectivity index (χ0v) is 22.2. The normalized spacial score (nSPS) is 12.0. The number of aromatic nitrogens is 4. The van der Waals surface area contributed by atoms with Crippen LogP contribution in [0, 0.1) is 9.39 Å². The topological polar surface area (TPSA) is 116 Å². The van der Waals surface area contributed by atoms with Gasteiger partial charge in [0.1, 0.15) is 35.7 Å². The molecule has 2 heterocycles. The molecule has 0 aliphatic heterocycles. The highest BCUT2D eigenvalue weighted by atomic mass is 127. The van der Waals surface area contributed by atoms with Crippen LogP contribution in [-0.4, -0.2) is 42.9 Å². The molecule has 0 unspecified atom stereocenters. The molecule has 3 aromatic carbocycles. The number of ether oxygens (including phenoxy) is 1. The van der Waals surface area contributed by atoms with E-state index < -0.39 is 11.7 Å². The van der Waals surface area contributed by atoms with Gasteiger partial charge in [-0.15, -0.1) is 0 Å². The van der Waals surface area contributed by atoms with E-state index in [-0.39, 0.29) is 30.6 Å². The fourth-order valence-corrected chi connectivity index (χ4v) is 4.76. The van der Waals surface area contributed by atoms with Gasteiger partial charge < -0.3 is 24.9 Å². The standard InChI is InChI=1S/C28H24FIN4O4/c29-22-15-19(30)8-11-21(22)23-16-31-26(32-23)24(14-17-4-2-1-3-5-17)34-27(36)25(33-28(34)37)18-6-9-20(10-7-18)38-13-12-35/h1-11,15-16,24,35-36H,12-14H2,(H,31,32)(H,33,37)/t24-/m0/s1. The van der Waals surface area contributed by atoms with Crippen molar-refractivity contribution in [1.82, 2.24) is 19.5 Å². The quantitative estimate of drug-likeness (QED) is 0.174. The molecular formula is C28H24FIN4O4. The summed E-state index contributed by atoms with van der Waals surface area (Å²) in [5.74, 6) is 0.315. The number of imidazole rings is 2. The minimum atomic E-state index is -0.706. The summed E-state index contributed by atoms with van der Waals surface area (Å²) in [7, 11) is 0. The van der Waals surface area contributed by atoms with Gasteiger partial charge in [0.15, 0.2) is 0 Å². The first-order chi connectivity index (χ1) is 18.4. The van der Waals surface area contributed by atoms with Crippen molar-refractivity contribution in [2.45, 2.75) is 12.5 Å². The molecule has 0 saturated heterocycles. The third-order valence-electron chi connectivity index (χ3n) is 6.12. The monoisotopic (exact) mass is 626 g/mol. The Morgan fingerprint density at radius 2 is 1.82 bits per heavy atom. The number of nitrogens with zero attached hydrogens (tertiary/aromatic N) is 2. The predicted octanol–water partition coefficient (Wildman–Crippen LogP) is 4.89. The van der Waals surface area contributed by atoms with E-state index in [1.807, 2.05) is 52.9 Å². The van der Waals surface area contributed by atoms with Gasteiger partial charge in [-0.05, 0) is 70.6 Å². The predicted molar refractivity (Wildman–Crippen MR) is 150 cm³/mol. The van der Waals surface area contributed by atoms with Crippen LogP contribution in [0.3, 0.4) is 0 Å². The third kappa shape index (κ3) is 5.36. The van der Waals surface area contributed by atoms with Crippen LogP contribution in [0.1, 0.15) is 17.4 Å². The van der Waals surface area contributed by atoms with Gasteiger partial charge in [-0.25, -0.2) is 14.2 Å². The SMILES string of the molecule is O=c1[nH]c(-c2ccc(OCCO)cc2)c(O)n1[C@@H](Cc1ccccc1)c1ncc(-c2ccc(I)cc2F)[nH]1. The average molecular weight is 626 g/mol. The lowest BCUT2D eigenvalue weighted by Crippen LogP contribution is -2.25.